The van der Waals surface area contributed by atoms with Crippen LogP contribution in [0.5, 0.6) is 0 Å². The van der Waals surface area contributed by atoms with Crippen LogP contribution in [0.2, 0.25) is 5.02 Å². The Morgan fingerprint density at radius 1 is 1.15 bits per heavy atom. The fourth-order valence-corrected chi connectivity index (χ4v) is 1.83. The highest BCUT2D eigenvalue weighted by molar-refractivity contribution is 6.62. The van der Waals surface area contributed by atoms with Crippen molar-refractivity contribution in [1.29, 1.82) is 0 Å². The van der Waals surface area contributed by atoms with Gasteiger partial charge in [-0.15, -0.1) is 0 Å². The molecule has 0 atom stereocenters. The van der Waals surface area contributed by atoms with E-state index in [1.165, 1.54) is 42.5 Å². The molecular weight excluding hydrogens is 283 g/mol. The minimum Gasteiger partial charge on any atom is -0.423 e. The largest absolute Gasteiger partial charge is 0.489 e. The van der Waals surface area contributed by atoms with Gasteiger partial charge in [0.15, 0.2) is 0 Å². The van der Waals surface area contributed by atoms with Crippen molar-refractivity contribution >= 4 is 35.8 Å². The van der Waals surface area contributed by atoms with Crippen molar-refractivity contribution in [3.8, 4) is 0 Å². The van der Waals surface area contributed by atoms with Gasteiger partial charge in [-0.3, -0.25) is 4.79 Å². The average molecular weight is 293 g/mol. The van der Waals surface area contributed by atoms with E-state index in [4.69, 9.17) is 21.6 Å². The Kier molecular flexibility index (Phi) is 4.39. The van der Waals surface area contributed by atoms with Crippen LogP contribution < -0.4 is 10.8 Å². The highest BCUT2D eigenvalue weighted by Crippen LogP contribution is 2.12. The highest BCUT2D eigenvalue weighted by atomic mass is 35.5. The van der Waals surface area contributed by atoms with Gasteiger partial charge in [0, 0.05) is 21.7 Å². The van der Waals surface area contributed by atoms with Gasteiger partial charge in [-0.25, -0.2) is 4.39 Å². The molecular formula is C13H10BClFNO3. The van der Waals surface area contributed by atoms with Gasteiger partial charge in [0.05, 0.1) is 0 Å². The van der Waals surface area contributed by atoms with E-state index < -0.39 is 18.8 Å². The van der Waals surface area contributed by atoms with Crippen molar-refractivity contribution in [2.45, 2.75) is 0 Å². The van der Waals surface area contributed by atoms with Crippen molar-refractivity contribution in [2.75, 3.05) is 5.32 Å². The number of carbonyl (C=O) groups is 1. The number of nitrogens with one attached hydrogen (secondary N) is 1. The standard InChI is InChI=1S/C13H10BClFNO3/c15-12-6-1-8(7-11(12)14(19)20)13(18)17-10-4-2-9(16)3-5-10/h1-7,19-20H,(H,17,18). The van der Waals surface area contributed by atoms with Crippen molar-refractivity contribution in [1.82, 2.24) is 0 Å². The van der Waals surface area contributed by atoms with Crippen LogP contribution in [0.1, 0.15) is 10.4 Å². The Bertz CT molecular complexity index is 634. The molecule has 0 aliphatic carbocycles. The second-order valence-corrected chi connectivity index (χ2v) is 4.48. The molecule has 0 aliphatic rings. The summed E-state index contributed by atoms with van der Waals surface area (Å²) in [6.45, 7) is 0. The quantitative estimate of drug-likeness (QED) is 0.750. The molecule has 2 aromatic carbocycles. The monoisotopic (exact) mass is 293 g/mol. The summed E-state index contributed by atoms with van der Waals surface area (Å²) in [7, 11) is -1.76. The highest BCUT2D eigenvalue weighted by Gasteiger charge is 2.17. The molecule has 4 nitrogen and oxygen atoms in total. The van der Waals surface area contributed by atoms with E-state index in [1.54, 1.807) is 0 Å². The lowest BCUT2D eigenvalue weighted by molar-refractivity contribution is 0.102. The molecule has 20 heavy (non-hydrogen) atoms. The maximum atomic E-state index is 12.8. The zero-order valence-electron chi connectivity index (χ0n) is 10.2. The number of hydrogen-bond donors (Lipinski definition) is 3. The minimum absolute atomic E-state index is 0.0402. The second-order valence-electron chi connectivity index (χ2n) is 4.07. The van der Waals surface area contributed by atoms with Gasteiger partial charge in [0.2, 0.25) is 0 Å². The Labute approximate surface area is 120 Å². The summed E-state index contributed by atoms with van der Waals surface area (Å²) in [5.74, 6) is -0.865. The maximum absolute atomic E-state index is 12.8. The maximum Gasteiger partial charge on any atom is 0.489 e. The molecule has 0 bridgehead atoms. The third-order valence-corrected chi connectivity index (χ3v) is 2.98. The van der Waals surface area contributed by atoms with Crippen LogP contribution in [0.25, 0.3) is 0 Å². The van der Waals surface area contributed by atoms with Crippen LogP contribution in [0.3, 0.4) is 0 Å². The molecule has 3 N–H and O–H groups in total. The van der Waals surface area contributed by atoms with Gasteiger partial charge in [-0.05, 0) is 42.5 Å². The first-order valence-corrected chi connectivity index (χ1v) is 6.07. The van der Waals surface area contributed by atoms with Crippen LogP contribution >= 0.6 is 11.6 Å². The number of halogens is 2. The Morgan fingerprint density at radius 2 is 1.80 bits per heavy atom. The van der Waals surface area contributed by atoms with Gasteiger partial charge >= 0.3 is 7.12 Å². The molecule has 0 aliphatic heterocycles. The summed E-state index contributed by atoms with van der Waals surface area (Å²) in [6, 6.07) is 9.42. The van der Waals surface area contributed by atoms with E-state index in [2.05, 4.69) is 5.32 Å². The average Bonchev–Trinajstić information content (AvgIpc) is 2.41. The van der Waals surface area contributed by atoms with Crippen molar-refractivity contribution in [3.05, 3.63) is 58.9 Å². The SMILES string of the molecule is O=C(Nc1ccc(F)cc1)c1ccc(Cl)c(B(O)O)c1. The van der Waals surface area contributed by atoms with Crippen LogP contribution in [-0.2, 0) is 0 Å². The topological polar surface area (TPSA) is 69.6 Å². The molecule has 7 heteroatoms. The van der Waals surface area contributed by atoms with Gasteiger partial charge in [-0.2, -0.15) is 0 Å². The predicted molar refractivity (Wildman–Crippen MR) is 75.6 cm³/mol. The smallest absolute Gasteiger partial charge is 0.423 e. The van der Waals surface area contributed by atoms with E-state index in [1.807, 2.05) is 0 Å². The molecule has 0 heterocycles. The van der Waals surface area contributed by atoms with Crippen molar-refractivity contribution in [3.63, 3.8) is 0 Å². The van der Waals surface area contributed by atoms with Crippen molar-refractivity contribution < 1.29 is 19.2 Å². The number of anilines is 1. The summed E-state index contributed by atoms with van der Waals surface area (Å²) in [6.07, 6.45) is 0. The van der Waals surface area contributed by atoms with Crippen molar-refractivity contribution in [2.24, 2.45) is 0 Å². The van der Waals surface area contributed by atoms with Crippen LogP contribution in [0, 0.1) is 5.82 Å². The fraction of sp³-hybridized carbons (Fsp3) is 0. The molecule has 0 fully saturated rings. The molecule has 0 radical (unpaired) electrons. The Morgan fingerprint density at radius 3 is 2.40 bits per heavy atom. The zero-order valence-corrected chi connectivity index (χ0v) is 10.9. The summed E-state index contributed by atoms with van der Waals surface area (Å²) in [5, 5.41) is 21.0. The summed E-state index contributed by atoms with van der Waals surface area (Å²) < 4.78 is 12.8. The summed E-state index contributed by atoms with van der Waals surface area (Å²) in [4.78, 5) is 12.0. The van der Waals surface area contributed by atoms with E-state index in [-0.39, 0.29) is 16.0 Å². The first-order valence-electron chi connectivity index (χ1n) is 5.70. The Balaban J connectivity index is 2.21. The summed E-state index contributed by atoms with van der Waals surface area (Å²) >= 11 is 5.78. The zero-order chi connectivity index (χ0) is 14.7. The van der Waals surface area contributed by atoms with E-state index >= 15 is 0 Å². The molecule has 2 aromatic rings. The minimum atomic E-state index is -1.76. The predicted octanol–water partition coefficient (Wildman–Crippen LogP) is 1.41. The number of hydrogen-bond acceptors (Lipinski definition) is 3. The lowest BCUT2D eigenvalue weighted by Crippen LogP contribution is -2.31. The van der Waals surface area contributed by atoms with Gasteiger partial charge in [-0.1, -0.05) is 11.6 Å². The number of carbonyl (C=O) groups excluding carboxylic acids is 1. The van der Waals surface area contributed by atoms with E-state index in [0.29, 0.717) is 5.69 Å². The number of rotatable bonds is 3. The molecule has 0 spiro atoms. The summed E-state index contributed by atoms with van der Waals surface area (Å²) in [5.41, 5.74) is 0.678. The van der Waals surface area contributed by atoms with E-state index in [9.17, 15) is 9.18 Å². The Hall–Kier alpha value is -1.89. The molecule has 0 aromatic heterocycles. The second kappa shape index (κ2) is 6.05. The molecule has 0 saturated heterocycles. The van der Waals surface area contributed by atoms with Gasteiger partial charge in [0.1, 0.15) is 5.82 Å². The normalized spacial score (nSPS) is 10.2. The van der Waals surface area contributed by atoms with Crippen LogP contribution in [0.4, 0.5) is 10.1 Å². The van der Waals surface area contributed by atoms with Gasteiger partial charge in [0.25, 0.3) is 5.91 Å². The number of amides is 1. The van der Waals surface area contributed by atoms with Gasteiger partial charge < -0.3 is 15.4 Å². The molecule has 1 amide bonds. The first-order chi connectivity index (χ1) is 9.47. The molecule has 102 valence electrons. The third kappa shape index (κ3) is 3.36. The lowest BCUT2D eigenvalue weighted by Gasteiger charge is -2.08. The first kappa shape index (κ1) is 14.5. The number of benzene rings is 2. The molecule has 2 rings (SSSR count). The van der Waals surface area contributed by atoms with Crippen LogP contribution in [0.15, 0.2) is 42.5 Å². The lowest BCUT2D eigenvalue weighted by atomic mass is 9.79. The fourth-order valence-electron chi connectivity index (χ4n) is 1.62. The molecule has 0 unspecified atom stereocenters. The van der Waals surface area contributed by atoms with Crippen LogP contribution in [-0.4, -0.2) is 23.1 Å². The van der Waals surface area contributed by atoms with E-state index in [0.717, 1.165) is 0 Å². The third-order valence-electron chi connectivity index (χ3n) is 2.64. The molecule has 0 saturated carbocycles.